The molecular weight excluding hydrogens is 252 g/mol. The highest BCUT2D eigenvalue weighted by atomic mass is 32.2. The molecule has 0 N–H and O–H groups in total. The predicted octanol–water partition coefficient (Wildman–Crippen LogP) is 1.22. The first-order valence-corrected chi connectivity index (χ1v) is 7.10. The van der Waals surface area contributed by atoms with Crippen molar-refractivity contribution in [3.05, 3.63) is 11.7 Å². The normalized spacial score (nSPS) is 20.8. The average Bonchev–Trinajstić information content (AvgIpc) is 2.88. The largest absolute Gasteiger partial charge is 0.367 e. The van der Waals surface area contributed by atoms with Crippen LogP contribution in [0, 0.1) is 11.3 Å². The Labute approximate surface area is 110 Å². The molecule has 0 spiro atoms. The van der Waals surface area contributed by atoms with E-state index < -0.39 is 0 Å². The molecule has 7 heteroatoms. The summed E-state index contributed by atoms with van der Waals surface area (Å²) in [6.07, 6.45) is -0.0998. The number of morpholine rings is 1. The maximum atomic E-state index is 8.45. The van der Waals surface area contributed by atoms with Gasteiger partial charge in [-0.25, -0.2) is 0 Å². The summed E-state index contributed by atoms with van der Waals surface area (Å²) >= 11 is 1.46. The number of rotatable bonds is 5. The van der Waals surface area contributed by atoms with Crippen molar-refractivity contribution in [1.29, 1.82) is 5.26 Å². The van der Waals surface area contributed by atoms with Gasteiger partial charge in [-0.3, -0.25) is 4.90 Å². The number of nitrogens with zero attached hydrogens (tertiary/aromatic N) is 4. The number of hydrogen-bond donors (Lipinski definition) is 0. The Morgan fingerprint density at radius 3 is 3.28 bits per heavy atom. The van der Waals surface area contributed by atoms with E-state index in [1.54, 1.807) is 0 Å². The molecule has 1 aromatic heterocycles. The van der Waals surface area contributed by atoms with E-state index in [0.717, 1.165) is 19.6 Å². The first-order valence-electron chi connectivity index (χ1n) is 5.94. The molecule has 6 nitrogen and oxygen atoms in total. The molecule has 0 saturated carbocycles. The minimum absolute atomic E-state index is 0.0998. The van der Waals surface area contributed by atoms with Gasteiger partial charge in [0, 0.05) is 13.1 Å². The molecule has 1 aliphatic rings. The van der Waals surface area contributed by atoms with Crippen molar-refractivity contribution >= 4 is 11.8 Å². The predicted molar refractivity (Wildman–Crippen MR) is 66.9 cm³/mol. The SMILES string of the molecule is CCN1CCOC(c2noc(CSCC#N)n2)C1. The highest BCUT2D eigenvalue weighted by Crippen LogP contribution is 2.20. The Bertz CT molecular complexity index is 417. The second-order valence-electron chi connectivity index (χ2n) is 3.95. The van der Waals surface area contributed by atoms with Crippen LogP contribution in [0.1, 0.15) is 24.7 Å². The number of likely N-dealkylation sites (N-methyl/N-ethyl adjacent to an activating group) is 1. The van der Waals surface area contributed by atoms with Gasteiger partial charge in [0.2, 0.25) is 11.7 Å². The van der Waals surface area contributed by atoms with E-state index in [2.05, 4.69) is 28.0 Å². The molecule has 0 aromatic carbocycles. The first-order chi connectivity index (χ1) is 8.83. The minimum atomic E-state index is -0.0998. The van der Waals surface area contributed by atoms with Crippen molar-refractivity contribution in [2.24, 2.45) is 0 Å². The van der Waals surface area contributed by atoms with Crippen LogP contribution in [0.3, 0.4) is 0 Å². The van der Waals surface area contributed by atoms with Gasteiger partial charge in [-0.2, -0.15) is 10.2 Å². The van der Waals surface area contributed by atoms with Crippen LogP contribution < -0.4 is 0 Å². The van der Waals surface area contributed by atoms with Crippen LogP contribution in [0.15, 0.2) is 4.52 Å². The molecule has 18 heavy (non-hydrogen) atoms. The molecule has 2 rings (SSSR count). The molecule has 1 atom stereocenters. The summed E-state index contributed by atoms with van der Waals surface area (Å²) in [6.45, 7) is 5.59. The Hall–Kier alpha value is -1.10. The minimum Gasteiger partial charge on any atom is -0.367 e. The third-order valence-corrected chi connectivity index (χ3v) is 3.55. The van der Waals surface area contributed by atoms with Gasteiger partial charge in [0.15, 0.2) is 0 Å². The zero-order chi connectivity index (χ0) is 12.8. The Kier molecular flexibility index (Phi) is 4.99. The Balaban J connectivity index is 1.90. The second-order valence-corrected chi connectivity index (χ2v) is 4.94. The van der Waals surface area contributed by atoms with Gasteiger partial charge in [0.05, 0.1) is 24.2 Å². The van der Waals surface area contributed by atoms with Crippen LogP contribution in [0.4, 0.5) is 0 Å². The van der Waals surface area contributed by atoms with Gasteiger partial charge in [-0.1, -0.05) is 12.1 Å². The first kappa shape index (κ1) is 13.3. The third kappa shape index (κ3) is 3.45. The van der Waals surface area contributed by atoms with Crippen LogP contribution in [0.25, 0.3) is 0 Å². The van der Waals surface area contributed by atoms with Crippen LogP contribution in [0.2, 0.25) is 0 Å². The van der Waals surface area contributed by atoms with Gasteiger partial charge in [0.25, 0.3) is 0 Å². The molecule has 2 heterocycles. The van der Waals surface area contributed by atoms with E-state index in [-0.39, 0.29) is 6.10 Å². The molecule has 1 aromatic rings. The fourth-order valence-electron chi connectivity index (χ4n) is 1.79. The molecule has 0 radical (unpaired) electrons. The zero-order valence-electron chi connectivity index (χ0n) is 10.3. The van der Waals surface area contributed by atoms with E-state index in [1.165, 1.54) is 11.8 Å². The summed E-state index contributed by atoms with van der Waals surface area (Å²) in [7, 11) is 0. The molecule has 98 valence electrons. The molecule has 1 aliphatic heterocycles. The number of hydrogen-bond acceptors (Lipinski definition) is 7. The molecular formula is C11H16N4O2S. The highest BCUT2D eigenvalue weighted by molar-refractivity contribution is 7.98. The molecule has 1 unspecified atom stereocenters. The Morgan fingerprint density at radius 2 is 2.50 bits per heavy atom. The Morgan fingerprint density at radius 1 is 1.61 bits per heavy atom. The summed E-state index contributed by atoms with van der Waals surface area (Å²) < 4.78 is 10.8. The third-order valence-electron chi connectivity index (χ3n) is 2.76. The van der Waals surface area contributed by atoms with Crippen molar-refractivity contribution in [3.63, 3.8) is 0 Å². The smallest absolute Gasteiger partial charge is 0.236 e. The highest BCUT2D eigenvalue weighted by Gasteiger charge is 2.25. The molecule has 0 bridgehead atoms. The van der Waals surface area contributed by atoms with E-state index in [1.807, 2.05) is 0 Å². The summed E-state index contributed by atoms with van der Waals surface area (Å²) in [5, 5.41) is 12.4. The fraction of sp³-hybridized carbons (Fsp3) is 0.727. The standard InChI is InChI=1S/C11H16N4O2S/c1-2-15-4-5-16-9(7-15)11-13-10(17-14-11)8-18-6-3-12/h9H,2,4-8H2,1H3. The van der Waals surface area contributed by atoms with Gasteiger partial charge < -0.3 is 9.26 Å². The second kappa shape index (κ2) is 6.73. The van der Waals surface area contributed by atoms with Gasteiger partial charge in [0.1, 0.15) is 6.10 Å². The summed E-state index contributed by atoms with van der Waals surface area (Å²) in [5.41, 5.74) is 0. The monoisotopic (exact) mass is 268 g/mol. The summed E-state index contributed by atoms with van der Waals surface area (Å²) in [4.78, 5) is 6.62. The van der Waals surface area contributed by atoms with Crippen molar-refractivity contribution in [2.75, 3.05) is 32.0 Å². The lowest BCUT2D eigenvalue weighted by Gasteiger charge is -2.30. The topological polar surface area (TPSA) is 75.2 Å². The summed E-state index contributed by atoms with van der Waals surface area (Å²) in [5.74, 6) is 2.18. The van der Waals surface area contributed by atoms with E-state index in [0.29, 0.717) is 29.8 Å². The number of thioether (sulfide) groups is 1. The van der Waals surface area contributed by atoms with Crippen LogP contribution >= 0.6 is 11.8 Å². The van der Waals surface area contributed by atoms with Crippen molar-refractivity contribution in [2.45, 2.75) is 18.8 Å². The van der Waals surface area contributed by atoms with E-state index in [4.69, 9.17) is 14.5 Å². The van der Waals surface area contributed by atoms with E-state index in [9.17, 15) is 0 Å². The molecule has 1 saturated heterocycles. The van der Waals surface area contributed by atoms with E-state index >= 15 is 0 Å². The van der Waals surface area contributed by atoms with Crippen LogP contribution in [0.5, 0.6) is 0 Å². The van der Waals surface area contributed by atoms with Gasteiger partial charge >= 0.3 is 0 Å². The zero-order valence-corrected chi connectivity index (χ0v) is 11.2. The lowest BCUT2D eigenvalue weighted by atomic mass is 10.2. The molecule has 1 fully saturated rings. The maximum absolute atomic E-state index is 8.45. The van der Waals surface area contributed by atoms with Gasteiger partial charge in [-0.05, 0) is 6.54 Å². The van der Waals surface area contributed by atoms with Gasteiger partial charge in [-0.15, -0.1) is 11.8 Å². The maximum Gasteiger partial charge on any atom is 0.236 e. The van der Waals surface area contributed by atoms with Crippen LogP contribution in [-0.2, 0) is 10.5 Å². The van der Waals surface area contributed by atoms with Crippen LogP contribution in [-0.4, -0.2) is 47.0 Å². The number of ether oxygens (including phenoxy) is 1. The lowest BCUT2D eigenvalue weighted by Crippen LogP contribution is -2.38. The number of nitriles is 1. The quantitative estimate of drug-likeness (QED) is 0.743. The average molecular weight is 268 g/mol. The lowest BCUT2D eigenvalue weighted by molar-refractivity contribution is -0.0334. The summed E-state index contributed by atoms with van der Waals surface area (Å²) in [6, 6.07) is 2.06. The number of aromatic nitrogens is 2. The molecule has 0 aliphatic carbocycles. The van der Waals surface area contributed by atoms with Crippen molar-refractivity contribution in [1.82, 2.24) is 15.0 Å². The molecule has 0 amide bonds. The fourth-order valence-corrected chi connectivity index (χ4v) is 2.27. The van der Waals surface area contributed by atoms with Crippen molar-refractivity contribution in [3.8, 4) is 6.07 Å². The van der Waals surface area contributed by atoms with Crippen molar-refractivity contribution < 1.29 is 9.26 Å².